The summed E-state index contributed by atoms with van der Waals surface area (Å²) >= 11 is 0. The molecule has 1 aliphatic heterocycles. The number of halogens is 3. The Balaban J connectivity index is 1.31. The highest BCUT2D eigenvalue weighted by molar-refractivity contribution is 5.95. The van der Waals surface area contributed by atoms with Crippen molar-refractivity contribution in [2.75, 3.05) is 38.5 Å². The van der Waals surface area contributed by atoms with Crippen molar-refractivity contribution in [3.05, 3.63) is 71.5 Å². The maximum absolute atomic E-state index is 13.3. The molecule has 1 aliphatic carbocycles. The summed E-state index contributed by atoms with van der Waals surface area (Å²) in [5, 5.41) is 3.23. The van der Waals surface area contributed by atoms with Gasteiger partial charge in [-0.2, -0.15) is 13.2 Å². The first-order valence-electron chi connectivity index (χ1n) is 14.5. The molecule has 2 aliphatic rings. The molecule has 2 fully saturated rings. The van der Waals surface area contributed by atoms with Gasteiger partial charge in [0.05, 0.1) is 11.9 Å². The lowest BCUT2D eigenvalue weighted by Gasteiger charge is -2.32. The Hall–Kier alpha value is -3.99. The number of carbonyl (C=O) groups is 1. The van der Waals surface area contributed by atoms with Crippen LogP contribution in [0.3, 0.4) is 0 Å². The van der Waals surface area contributed by atoms with Crippen molar-refractivity contribution in [3.8, 4) is 11.4 Å². The van der Waals surface area contributed by atoms with Crippen LogP contribution in [-0.4, -0.2) is 68.5 Å². The molecule has 0 spiro atoms. The molecule has 3 heterocycles. The fourth-order valence-corrected chi connectivity index (χ4v) is 5.79. The Labute approximate surface area is 242 Å². The number of carbonyl (C=O) groups excluding carboxylic acids is 1. The number of alkyl halides is 3. The Bertz CT molecular complexity index is 1550. The Kier molecular flexibility index (Phi) is 7.85. The number of rotatable bonds is 6. The van der Waals surface area contributed by atoms with Crippen LogP contribution in [0, 0.1) is 0 Å². The van der Waals surface area contributed by atoms with Gasteiger partial charge < -0.3 is 19.7 Å². The van der Waals surface area contributed by atoms with Crippen molar-refractivity contribution in [1.82, 2.24) is 29.3 Å². The van der Waals surface area contributed by atoms with Gasteiger partial charge in [0.25, 0.3) is 5.91 Å². The molecule has 1 amide bonds. The number of piperazine rings is 1. The summed E-state index contributed by atoms with van der Waals surface area (Å²) in [6, 6.07) is 12.9. The third-order valence-corrected chi connectivity index (χ3v) is 8.28. The van der Waals surface area contributed by atoms with Gasteiger partial charge in [0.15, 0.2) is 17.3 Å². The number of anilines is 1. The average Bonchev–Trinajstić information content (AvgIpc) is 3.44. The highest BCUT2D eigenvalue weighted by atomic mass is 19.4. The van der Waals surface area contributed by atoms with E-state index in [-0.39, 0.29) is 18.5 Å². The molecule has 2 aromatic heterocycles. The van der Waals surface area contributed by atoms with E-state index in [2.05, 4.69) is 26.8 Å². The maximum atomic E-state index is 13.3. The predicted octanol–water partition coefficient (Wildman–Crippen LogP) is 6.02. The van der Waals surface area contributed by atoms with E-state index in [1.54, 1.807) is 24.5 Å². The van der Waals surface area contributed by atoms with Crippen molar-refractivity contribution >= 4 is 22.9 Å². The molecule has 0 atom stereocenters. The number of imidazole rings is 1. The number of amides is 1. The Morgan fingerprint density at radius 2 is 1.71 bits per heavy atom. The molecule has 8 nitrogen and oxygen atoms in total. The first-order valence-corrected chi connectivity index (χ1v) is 14.5. The van der Waals surface area contributed by atoms with Crippen LogP contribution in [0.5, 0.6) is 0 Å². The van der Waals surface area contributed by atoms with Gasteiger partial charge in [0.1, 0.15) is 5.52 Å². The van der Waals surface area contributed by atoms with Gasteiger partial charge in [0.2, 0.25) is 0 Å². The van der Waals surface area contributed by atoms with Gasteiger partial charge in [0, 0.05) is 49.9 Å². The fraction of sp³-hybridized carbons (Fsp3) is 0.419. The van der Waals surface area contributed by atoms with Crippen molar-refractivity contribution in [1.29, 1.82) is 0 Å². The number of likely N-dealkylation sites (N-methyl/N-ethyl adjacent to an activating group) is 1. The predicted molar refractivity (Wildman–Crippen MR) is 155 cm³/mol. The van der Waals surface area contributed by atoms with Crippen LogP contribution in [-0.2, 0) is 12.7 Å². The lowest BCUT2D eigenvalue weighted by Crippen LogP contribution is -2.47. The summed E-state index contributed by atoms with van der Waals surface area (Å²) in [6.45, 7) is 3.24. The highest BCUT2D eigenvalue weighted by Crippen LogP contribution is 2.33. The zero-order valence-electron chi connectivity index (χ0n) is 23.6. The molecular weight excluding hydrogens is 543 g/mol. The largest absolute Gasteiger partial charge is 0.416 e. The third-order valence-electron chi connectivity index (χ3n) is 8.28. The second kappa shape index (κ2) is 11.7. The van der Waals surface area contributed by atoms with Gasteiger partial charge >= 0.3 is 6.18 Å². The van der Waals surface area contributed by atoms with Crippen LogP contribution < -0.4 is 5.32 Å². The lowest BCUT2D eigenvalue weighted by atomic mass is 9.95. The fourth-order valence-electron chi connectivity index (χ4n) is 5.79. The van der Waals surface area contributed by atoms with E-state index in [0.29, 0.717) is 47.0 Å². The number of hydrogen-bond donors (Lipinski definition) is 1. The molecule has 1 saturated heterocycles. The highest BCUT2D eigenvalue weighted by Gasteiger charge is 2.30. The minimum atomic E-state index is -4.41. The molecule has 0 radical (unpaired) electrons. The first kappa shape index (κ1) is 28.1. The van der Waals surface area contributed by atoms with Crippen LogP contribution >= 0.6 is 0 Å². The monoisotopic (exact) mass is 577 g/mol. The van der Waals surface area contributed by atoms with E-state index in [1.807, 2.05) is 17.0 Å². The number of benzene rings is 2. The molecular formula is C31H34F3N7O. The number of hydrogen-bond acceptors (Lipinski definition) is 6. The second-order valence-electron chi connectivity index (χ2n) is 11.2. The van der Waals surface area contributed by atoms with Crippen LogP contribution in [0.2, 0.25) is 0 Å². The van der Waals surface area contributed by atoms with E-state index in [0.717, 1.165) is 56.5 Å². The standard InChI is InChI=1S/C31H34F3N7O/c1-39-14-16-40(17-15-39)30(42)23-12-10-22(11-13-23)27-37-28(35-19-21-6-5-7-24(18-21)31(32,33)34)26-29(38-27)41(20-36-26)25-8-3-2-4-9-25/h5-7,10-13,18,20,25H,2-4,8-9,14-17,19H2,1H3,(H,35,37,38). The quantitative estimate of drug-likeness (QED) is 0.302. The molecule has 0 bridgehead atoms. The van der Waals surface area contributed by atoms with E-state index < -0.39 is 11.7 Å². The molecule has 1 saturated carbocycles. The zero-order valence-corrected chi connectivity index (χ0v) is 23.6. The molecule has 6 rings (SSSR count). The van der Waals surface area contributed by atoms with Gasteiger partial charge in [-0.15, -0.1) is 0 Å². The normalized spacial score (nSPS) is 17.1. The van der Waals surface area contributed by atoms with E-state index >= 15 is 0 Å². The topological polar surface area (TPSA) is 79.2 Å². The van der Waals surface area contributed by atoms with Crippen molar-refractivity contribution in [2.24, 2.45) is 0 Å². The summed E-state index contributed by atoms with van der Waals surface area (Å²) < 4.78 is 42.0. The van der Waals surface area contributed by atoms with E-state index in [4.69, 9.17) is 9.97 Å². The first-order chi connectivity index (χ1) is 20.3. The van der Waals surface area contributed by atoms with Crippen LogP contribution in [0.15, 0.2) is 54.9 Å². The summed E-state index contributed by atoms with van der Waals surface area (Å²) in [4.78, 5) is 31.5. The van der Waals surface area contributed by atoms with Gasteiger partial charge in [-0.25, -0.2) is 15.0 Å². The number of nitrogens with zero attached hydrogens (tertiary/aromatic N) is 6. The smallest absolute Gasteiger partial charge is 0.364 e. The third kappa shape index (κ3) is 5.97. The molecule has 0 unspecified atom stereocenters. The Morgan fingerprint density at radius 3 is 2.43 bits per heavy atom. The summed E-state index contributed by atoms with van der Waals surface area (Å²) in [6.07, 6.45) is 2.97. The van der Waals surface area contributed by atoms with Crippen molar-refractivity contribution < 1.29 is 18.0 Å². The molecule has 1 N–H and O–H groups in total. The molecule has 42 heavy (non-hydrogen) atoms. The lowest BCUT2D eigenvalue weighted by molar-refractivity contribution is -0.137. The maximum Gasteiger partial charge on any atom is 0.416 e. The minimum Gasteiger partial charge on any atom is -0.364 e. The van der Waals surface area contributed by atoms with Crippen LogP contribution in [0.1, 0.15) is 59.6 Å². The molecule has 11 heteroatoms. The minimum absolute atomic E-state index is 0.00448. The summed E-state index contributed by atoms with van der Waals surface area (Å²) in [5.41, 5.74) is 2.42. The van der Waals surface area contributed by atoms with Crippen LogP contribution in [0.25, 0.3) is 22.6 Å². The second-order valence-corrected chi connectivity index (χ2v) is 11.2. The average molecular weight is 578 g/mol. The van der Waals surface area contributed by atoms with Gasteiger partial charge in [-0.3, -0.25) is 4.79 Å². The zero-order chi connectivity index (χ0) is 29.3. The van der Waals surface area contributed by atoms with Gasteiger partial charge in [-0.1, -0.05) is 43.5 Å². The van der Waals surface area contributed by atoms with Crippen molar-refractivity contribution in [3.63, 3.8) is 0 Å². The summed E-state index contributed by atoms with van der Waals surface area (Å²) in [7, 11) is 2.05. The number of nitrogens with one attached hydrogen (secondary N) is 1. The van der Waals surface area contributed by atoms with Gasteiger partial charge in [-0.05, 0) is 49.7 Å². The summed E-state index contributed by atoms with van der Waals surface area (Å²) in [5.74, 6) is 0.926. The molecule has 220 valence electrons. The van der Waals surface area contributed by atoms with Crippen molar-refractivity contribution in [2.45, 2.75) is 50.9 Å². The molecule has 4 aromatic rings. The van der Waals surface area contributed by atoms with E-state index in [1.165, 1.54) is 12.5 Å². The number of aromatic nitrogens is 4. The Morgan fingerprint density at radius 1 is 0.976 bits per heavy atom. The SMILES string of the molecule is CN1CCN(C(=O)c2ccc(-c3nc(NCc4cccc(C(F)(F)F)c4)c4ncn(C5CCCCC5)c4n3)cc2)CC1. The molecule has 2 aromatic carbocycles. The van der Waals surface area contributed by atoms with E-state index in [9.17, 15) is 18.0 Å². The van der Waals surface area contributed by atoms with Crippen LogP contribution in [0.4, 0.5) is 19.0 Å². The number of fused-ring (bicyclic) bond motifs is 1.